The van der Waals surface area contributed by atoms with Gasteiger partial charge in [-0.15, -0.1) is 0 Å². The van der Waals surface area contributed by atoms with Gasteiger partial charge in [-0.1, -0.05) is 42.6 Å². The van der Waals surface area contributed by atoms with E-state index in [1.165, 1.54) is 16.3 Å². The number of methoxy groups -OCH3 is 1. The van der Waals surface area contributed by atoms with E-state index in [1.54, 1.807) is 49.4 Å². The Morgan fingerprint density at radius 1 is 1.08 bits per heavy atom. The van der Waals surface area contributed by atoms with Gasteiger partial charge in [0.1, 0.15) is 11.8 Å². The maximum Gasteiger partial charge on any atom is 0.242 e. The molecule has 0 heterocycles. The first-order chi connectivity index (χ1) is 17.5. The van der Waals surface area contributed by atoms with Crippen LogP contribution in [0, 0.1) is 0 Å². The quantitative estimate of drug-likeness (QED) is 0.326. The predicted octanol–water partition coefficient (Wildman–Crippen LogP) is 4.88. The van der Waals surface area contributed by atoms with Crippen LogP contribution in [0.2, 0.25) is 10.0 Å². The number of carbonyl (C=O) groups is 2. The summed E-state index contributed by atoms with van der Waals surface area (Å²) in [5.74, 6) is 0.0605. The molecule has 204 valence electrons. The first-order valence-electron chi connectivity index (χ1n) is 12.1. The second-order valence-corrected chi connectivity index (χ2v) is 11.5. The lowest BCUT2D eigenvalue weighted by Crippen LogP contribution is -2.48. The number of hydrogen-bond donors (Lipinski definition) is 1. The van der Waals surface area contributed by atoms with Crippen molar-refractivity contribution in [2.75, 3.05) is 30.8 Å². The molecule has 2 amide bonds. The average Bonchev–Trinajstić information content (AvgIpc) is 2.85. The molecule has 1 atom stereocenters. The number of nitrogens with zero attached hydrogens (tertiary/aromatic N) is 2. The van der Waals surface area contributed by atoms with Crippen LogP contribution in [0.4, 0.5) is 5.69 Å². The maximum atomic E-state index is 13.3. The van der Waals surface area contributed by atoms with Crippen molar-refractivity contribution in [3.05, 3.63) is 58.1 Å². The molecule has 0 saturated carbocycles. The molecule has 2 aromatic carbocycles. The van der Waals surface area contributed by atoms with Crippen LogP contribution in [0.15, 0.2) is 42.5 Å². The second kappa shape index (κ2) is 14.4. The van der Waals surface area contributed by atoms with Crippen molar-refractivity contribution in [1.82, 2.24) is 10.2 Å². The summed E-state index contributed by atoms with van der Waals surface area (Å²) in [4.78, 5) is 27.6. The van der Waals surface area contributed by atoms with Crippen LogP contribution in [0.1, 0.15) is 45.1 Å². The topological polar surface area (TPSA) is 96.0 Å². The molecular weight excluding hydrogens is 537 g/mol. The molecule has 0 aliphatic carbocycles. The van der Waals surface area contributed by atoms with Gasteiger partial charge >= 0.3 is 0 Å². The molecule has 0 aromatic heterocycles. The average molecular weight is 573 g/mol. The lowest BCUT2D eigenvalue weighted by molar-refractivity contribution is -0.140. The Morgan fingerprint density at radius 2 is 1.76 bits per heavy atom. The van der Waals surface area contributed by atoms with Crippen LogP contribution in [-0.2, 0) is 26.2 Å². The fraction of sp³-hybridized carbons (Fsp3) is 0.462. The third-order valence-corrected chi connectivity index (χ3v) is 7.65. The number of hydrogen-bond acceptors (Lipinski definition) is 5. The summed E-state index contributed by atoms with van der Waals surface area (Å²) in [7, 11) is -2.05. The Bertz CT molecular complexity index is 1160. The highest BCUT2D eigenvalue weighted by molar-refractivity contribution is 7.92. The highest BCUT2D eigenvalue weighted by Crippen LogP contribution is 2.25. The number of halogens is 2. The highest BCUT2D eigenvalue weighted by Gasteiger charge is 2.27. The van der Waals surface area contributed by atoms with Gasteiger partial charge in [0, 0.05) is 36.1 Å². The molecule has 0 saturated heterocycles. The van der Waals surface area contributed by atoms with Crippen LogP contribution in [0.5, 0.6) is 5.75 Å². The molecule has 0 bridgehead atoms. The third-order valence-electron chi connectivity index (χ3n) is 5.87. The van der Waals surface area contributed by atoms with Gasteiger partial charge < -0.3 is 15.0 Å². The van der Waals surface area contributed by atoms with Crippen molar-refractivity contribution in [1.29, 1.82) is 0 Å². The van der Waals surface area contributed by atoms with Crippen LogP contribution >= 0.6 is 23.2 Å². The molecule has 2 rings (SSSR count). The molecule has 2 aromatic rings. The van der Waals surface area contributed by atoms with Crippen molar-refractivity contribution in [3.63, 3.8) is 0 Å². The first-order valence-corrected chi connectivity index (χ1v) is 14.7. The van der Waals surface area contributed by atoms with Crippen molar-refractivity contribution in [3.8, 4) is 5.75 Å². The number of carbonyl (C=O) groups excluding carboxylic acids is 2. The van der Waals surface area contributed by atoms with E-state index in [-0.39, 0.29) is 37.7 Å². The summed E-state index contributed by atoms with van der Waals surface area (Å²) in [5, 5.41) is 3.73. The number of nitrogens with one attached hydrogen (secondary N) is 1. The standard InChI is InChI=1S/C26H35Cl2N3O5S/c1-5-6-15-29-26(33)19(2)30(18-20-9-10-21(27)17-24(20)28)25(32)8-7-16-31(37(4,34)35)22-11-13-23(36-3)14-12-22/h9-14,17,19H,5-8,15-16,18H2,1-4H3,(H,29,33). The van der Waals surface area contributed by atoms with E-state index in [2.05, 4.69) is 5.32 Å². The molecule has 11 heteroatoms. The van der Waals surface area contributed by atoms with Crippen molar-refractivity contribution < 1.29 is 22.7 Å². The summed E-state index contributed by atoms with van der Waals surface area (Å²) in [6.07, 6.45) is 3.19. The van der Waals surface area contributed by atoms with E-state index < -0.39 is 16.1 Å². The molecule has 0 aliphatic heterocycles. The lowest BCUT2D eigenvalue weighted by atomic mass is 10.1. The van der Waals surface area contributed by atoms with Gasteiger partial charge in [0.05, 0.1) is 19.1 Å². The fourth-order valence-corrected chi connectivity index (χ4v) is 5.14. The molecule has 0 spiro atoms. The van der Waals surface area contributed by atoms with Crippen molar-refractivity contribution in [2.45, 2.75) is 52.1 Å². The molecule has 1 N–H and O–H groups in total. The Balaban J connectivity index is 2.17. The van der Waals surface area contributed by atoms with E-state index >= 15 is 0 Å². The van der Waals surface area contributed by atoms with Crippen LogP contribution in [0.3, 0.4) is 0 Å². The predicted molar refractivity (Wildman–Crippen MR) is 149 cm³/mol. The van der Waals surface area contributed by atoms with E-state index in [0.717, 1.165) is 19.1 Å². The smallest absolute Gasteiger partial charge is 0.242 e. The van der Waals surface area contributed by atoms with Crippen LogP contribution < -0.4 is 14.4 Å². The summed E-state index contributed by atoms with van der Waals surface area (Å²) in [5.41, 5.74) is 1.13. The monoisotopic (exact) mass is 571 g/mol. The number of ether oxygens (including phenoxy) is 1. The Kier molecular flexibility index (Phi) is 12.0. The van der Waals surface area contributed by atoms with Gasteiger partial charge in [-0.3, -0.25) is 13.9 Å². The van der Waals surface area contributed by atoms with E-state index in [0.29, 0.717) is 33.6 Å². The molecule has 0 fully saturated rings. The number of benzene rings is 2. The van der Waals surface area contributed by atoms with Crippen LogP contribution in [-0.4, -0.2) is 57.6 Å². The van der Waals surface area contributed by atoms with Gasteiger partial charge in [0.15, 0.2) is 0 Å². The van der Waals surface area contributed by atoms with E-state index in [1.807, 2.05) is 6.92 Å². The largest absolute Gasteiger partial charge is 0.497 e. The third kappa shape index (κ3) is 9.39. The zero-order valence-electron chi connectivity index (χ0n) is 21.7. The number of rotatable bonds is 14. The van der Waals surface area contributed by atoms with Gasteiger partial charge in [0.2, 0.25) is 21.8 Å². The summed E-state index contributed by atoms with van der Waals surface area (Å²) < 4.78 is 31.3. The van der Waals surface area contributed by atoms with E-state index in [9.17, 15) is 18.0 Å². The second-order valence-electron chi connectivity index (χ2n) is 8.71. The summed E-state index contributed by atoms with van der Waals surface area (Å²) in [6.45, 7) is 4.44. The fourth-order valence-electron chi connectivity index (χ4n) is 3.70. The van der Waals surface area contributed by atoms with Crippen molar-refractivity contribution in [2.24, 2.45) is 0 Å². The van der Waals surface area contributed by atoms with Crippen molar-refractivity contribution >= 4 is 50.7 Å². The molecular formula is C26H35Cl2N3O5S. The number of sulfonamides is 1. The normalized spacial score (nSPS) is 12.1. The van der Waals surface area contributed by atoms with Crippen LogP contribution in [0.25, 0.3) is 0 Å². The molecule has 0 aliphatic rings. The Hall–Kier alpha value is -2.49. The minimum absolute atomic E-state index is 0.0416. The molecule has 0 radical (unpaired) electrons. The zero-order chi connectivity index (χ0) is 27.6. The Labute approximate surface area is 229 Å². The maximum absolute atomic E-state index is 13.3. The number of amides is 2. The zero-order valence-corrected chi connectivity index (χ0v) is 24.0. The minimum atomic E-state index is -3.58. The highest BCUT2D eigenvalue weighted by atomic mass is 35.5. The van der Waals surface area contributed by atoms with E-state index in [4.69, 9.17) is 27.9 Å². The minimum Gasteiger partial charge on any atom is -0.497 e. The molecule has 37 heavy (non-hydrogen) atoms. The first kappa shape index (κ1) is 30.7. The van der Waals surface area contributed by atoms with Gasteiger partial charge in [0.25, 0.3) is 0 Å². The summed E-state index contributed by atoms with van der Waals surface area (Å²) in [6, 6.07) is 10.9. The number of unbranched alkanes of at least 4 members (excludes halogenated alkanes) is 1. The SMILES string of the molecule is CCCCNC(=O)C(C)N(Cc1ccc(Cl)cc1Cl)C(=O)CCCN(c1ccc(OC)cc1)S(C)(=O)=O. The van der Waals surface area contributed by atoms with Gasteiger partial charge in [-0.25, -0.2) is 8.42 Å². The lowest BCUT2D eigenvalue weighted by Gasteiger charge is -2.30. The molecule has 8 nitrogen and oxygen atoms in total. The Morgan fingerprint density at radius 3 is 2.32 bits per heavy atom. The number of anilines is 1. The van der Waals surface area contributed by atoms with Gasteiger partial charge in [-0.05, 0) is 61.7 Å². The molecule has 1 unspecified atom stereocenters. The summed E-state index contributed by atoms with van der Waals surface area (Å²) >= 11 is 12.4. The van der Waals surface area contributed by atoms with Gasteiger partial charge in [-0.2, -0.15) is 0 Å².